The number of amides is 1. The second-order valence-corrected chi connectivity index (χ2v) is 27.5. The van der Waals surface area contributed by atoms with E-state index in [1.807, 2.05) is 6.08 Å². The maximum Gasteiger partial charge on any atom is 0.220 e. The average molecular weight is 1340 g/mol. The molecule has 17 atom stereocenters. The Labute approximate surface area is 568 Å². The minimum atomic E-state index is -1.98. The van der Waals surface area contributed by atoms with Crippen molar-refractivity contribution in [1.82, 2.24) is 5.32 Å². The minimum absolute atomic E-state index is 0.236. The van der Waals surface area contributed by atoms with Gasteiger partial charge in [-0.2, -0.15) is 0 Å². The molecule has 0 aliphatic carbocycles. The van der Waals surface area contributed by atoms with Gasteiger partial charge in [0, 0.05) is 6.42 Å². The lowest BCUT2D eigenvalue weighted by atomic mass is 9.96. The Kier molecular flexibility index (Phi) is 52.0. The van der Waals surface area contributed by atoms with Crippen LogP contribution in [0.15, 0.2) is 36.5 Å². The van der Waals surface area contributed by atoms with Crippen molar-refractivity contribution < 1.29 is 89.4 Å². The molecule has 3 fully saturated rings. The van der Waals surface area contributed by atoms with Gasteiger partial charge in [-0.15, -0.1) is 0 Å². The van der Waals surface area contributed by atoms with Gasteiger partial charge in [0.15, 0.2) is 18.9 Å². The number of hydrogen-bond donors (Lipinski definition) is 12. The van der Waals surface area contributed by atoms with Crippen LogP contribution in [0.3, 0.4) is 0 Å². The number of hydrogen-bond acceptors (Lipinski definition) is 18. The van der Waals surface area contributed by atoms with Crippen LogP contribution in [0.2, 0.25) is 0 Å². The highest BCUT2D eigenvalue weighted by Gasteiger charge is 2.53. The van der Waals surface area contributed by atoms with Crippen LogP contribution in [0.5, 0.6) is 0 Å². The number of ether oxygens (including phenoxy) is 6. The van der Waals surface area contributed by atoms with E-state index in [4.69, 9.17) is 28.4 Å². The zero-order valence-corrected chi connectivity index (χ0v) is 58.7. The van der Waals surface area contributed by atoms with Crippen molar-refractivity contribution >= 4 is 5.91 Å². The fraction of sp³-hybridized carbons (Fsp3) is 0.907. The lowest BCUT2D eigenvalue weighted by Gasteiger charge is -2.48. The van der Waals surface area contributed by atoms with E-state index in [-0.39, 0.29) is 18.9 Å². The molecular weight excluding hydrogens is 1200 g/mol. The maximum absolute atomic E-state index is 13.4. The lowest BCUT2D eigenvalue weighted by Crippen LogP contribution is -2.66. The molecule has 3 heterocycles. The van der Waals surface area contributed by atoms with Crippen LogP contribution in [0.4, 0.5) is 0 Å². The summed E-state index contributed by atoms with van der Waals surface area (Å²) < 4.78 is 34.4. The van der Waals surface area contributed by atoms with E-state index in [1.54, 1.807) is 6.08 Å². The van der Waals surface area contributed by atoms with Gasteiger partial charge in [0.2, 0.25) is 5.91 Å². The zero-order valence-electron chi connectivity index (χ0n) is 58.7. The van der Waals surface area contributed by atoms with Crippen LogP contribution in [0, 0.1) is 0 Å². The number of unbranched alkanes of at least 4 members (excludes halogenated alkanes) is 40. The molecule has 12 N–H and O–H groups in total. The lowest BCUT2D eigenvalue weighted by molar-refractivity contribution is -0.379. The number of carbonyl (C=O) groups excluding carboxylic acids is 1. The first kappa shape index (κ1) is 86.2. The van der Waals surface area contributed by atoms with E-state index in [9.17, 15) is 61.0 Å². The Hall–Kier alpha value is -1.99. The molecule has 17 unspecified atom stereocenters. The highest BCUT2D eigenvalue weighted by atomic mass is 16.8. The number of carbonyl (C=O) groups is 1. The van der Waals surface area contributed by atoms with Crippen LogP contribution >= 0.6 is 0 Å². The number of aliphatic hydroxyl groups excluding tert-OH is 11. The van der Waals surface area contributed by atoms with Crippen LogP contribution in [-0.2, 0) is 33.2 Å². The molecular formula is C75H139NO18. The fourth-order valence-corrected chi connectivity index (χ4v) is 13.0. The number of nitrogens with one attached hydrogen (secondary N) is 1. The summed E-state index contributed by atoms with van der Waals surface area (Å²) in [4.78, 5) is 13.4. The first-order valence-corrected chi connectivity index (χ1v) is 38.2. The predicted octanol–water partition coefficient (Wildman–Crippen LogP) is 11.6. The first-order chi connectivity index (χ1) is 45.8. The maximum atomic E-state index is 13.4. The summed E-state index contributed by atoms with van der Waals surface area (Å²) in [6, 6.07) is -0.995. The third kappa shape index (κ3) is 37.4. The molecule has 1 amide bonds. The van der Waals surface area contributed by atoms with Crippen molar-refractivity contribution in [1.29, 1.82) is 0 Å². The summed E-state index contributed by atoms with van der Waals surface area (Å²) in [7, 11) is 0. The van der Waals surface area contributed by atoms with Gasteiger partial charge < -0.3 is 89.9 Å². The van der Waals surface area contributed by atoms with Crippen molar-refractivity contribution in [2.75, 3.05) is 26.4 Å². The molecule has 0 aromatic carbocycles. The van der Waals surface area contributed by atoms with Crippen molar-refractivity contribution in [3.05, 3.63) is 36.5 Å². The molecule has 0 saturated carbocycles. The normalized spacial score (nSPS) is 27.5. The van der Waals surface area contributed by atoms with E-state index in [0.717, 1.165) is 44.9 Å². The molecule has 94 heavy (non-hydrogen) atoms. The molecule has 3 saturated heterocycles. The first-order valence-electron chi connectivity index (χ1n) is 38.2. The summed E-state index contributed by atoms with van der Waals surface area (Å²) in [6.07, 6.45) is 41.5. The van der Waals surface area contributed by atoms with E-state index < -0.39 is 124 Å². The second kappa shape index (κ2) is 56.7. The van der Waals surface area contributed by atoms with Crippen molar-refractivity contribution in [2.24, 2.45) is 0 Å². The summed E-state index contributed by atoms with van der Waals surface area (Å²) >= 11 is 0. The Morgan fingerprint density at radius 1 is 0.372 bits per heavy atom. The standard InChI is InChI=1S/C75H139NO18/c1-3-5-7-9-11-13-15-17-19-21-22-23-24-25-26-27-28-29-30-31-32-33-34-35-36-37-38-40-42-44-46-48-50-52-59(80)58(76-63(81)53-51-49-47-45-43-41-39-20-18-16-14-12-10-8-6-4-2)57-89-73-69(87)66(84)71(61(55-78)91-73)94-75-70(88)67(85)72(62(56-79)92-75)93-74-68(86)65(83)64(82)60(54-77)90-74/h36-37,42,44,50,52,58-62,64-75,77-80,82-88H,3-35,38-41,43,45-49,51,53-57H2,1-2H3,(H,76,81)/b37-36+,44-42+,52-50+. The van der Waals surface area contributed by atoms with E-state index in [1.165, 1.54) is 225 Å². The number of allylic oxidation sites excluding steroid dienone is 5. The minimum Gasteiger partial charge on any atom is -0.394 e. The van der Waals surface area contributed by atoms with Gasteiger partial charge in [0.25, 0.3) is 0 Å². The zero-order chi connectivity index (χ0) is 68.2. The van der Waals surface area contributed by atoms with Gasteiger partial charge in [-0.1, -0.05) is 288 Å². The molecule has 552 valence electrons. The number of rotatable bonds is 60. The summed E-state index contributed by atoms with van der Waals surface area (Å²) in [6.45, 7) is 1.74. The molecule has 0 radical (unpaired) electrons. The average Bonchev–Trinajstić information content (AvgIpc) is 0.787. The largest absolute Gasteiger partial charge is 0.394 e. The molecule has 19 heteroatoms. The van der Waals surface area contributed by atoms with Gasteiger partial charge in [0.1, 0.15) is 73.2 Å². The Morgan fingerprint density at radius 3 is 1.06 bits per heavy atom. The Morgan fingerprint density at radius 2 is 0.681 bits per heavy atom. The quantitative estimate of drug-likeness (QED) is 0.0199. The molecule has 0 bridgehead atoms. The molecule has 3 aliphatic rings. The summed E-state index contributed by atoms with van der Waals surface area (Å²) in [5.74, 6) is -0.286. The molecule has 0 aromatic heterocycles. The highest BCUT2D eigenvalue weighted by molar-refractivity contribution is 5.76. The third-order valence-electron chi connectivity index (χ3n) is 19.2. The molecule has 19 nitrogen and oxygen atoms in total. The SMILES string of the molecule is CCCCCCCCCCCCCCCCCCCCCCCCC/C=C/CC/C=C/CC/C=C/C(O)C(COC1OC(CO)C(OC2OC(CO)C(OC3OC(CO)C(O)C(O)C3O)C(O)C2O)C(O)C1O)NC(=O)CCCCCCCCCCCCCCCCCC. The molecule has 0 spiro atoms. The smallest absolute Gasteiger partial charge is 0.220 e. The van der Waals surface area contributed by atoms with E-state index in [0.29, 0.717) is 12.8 Å². The Bertz CT molecular complexity index is 1840. The molecule has 3 rings (SSSR count). The van der Waals surface area contributed by atoms with Gasteiger partial charge >= 0.3 is 0 Å². The molecule has 0 aromatic rings. The Balaban J connectivity index is 1.39. The van der Waals surface area contributed by atoms with Crippen LogP contribution < -0.4 is 5.32 Å². The highest BCUT2D eigenvalue weighted by Crippen LogP contribution is 2.33. The van der Waals surface area contributed by atoms with Gasteiger partial charge in [-0.25, -0.2) is 0 Å². The third-order valence-corrected chi connectivity index (χ3v) is 19.2. The number of aliphatic hydroxyl groups is 11. The van der Waals surface area contributed by atoms with Gasteiger partial charge in [-0.05, 0) is 44.9 Å². The van der Waals surface area contributed by atoms with E-state index >= 15 is 0 Å². The fourth-order valence-electron chi connectivity index (χ4n) is 13.0. The van der Waals surface area contributed by atoms with Crippen LogP contribution in [-0.4, -0.2) is 193 Å². The monoisotopic (exact) mass is 1340 g/mol. The topological polar surface area (TPSA) is 307 Å². The van der Waals surface area contributed by atoms with E-state index in [2.05, 4.69) is 43.5 Å². The molecule has 3 aliphatic heterocycles. The second-order valence-electron chi connectivity index (χ2n) is 27.5. The van der Waals surface area contributed by atoms with Crippen molar-refractivity contribution in [3.8, 4) is 0 Å². The van der Waals surface area contributed by atoms with Crippen LogP contribution in [0.25, 0.3) is 0 Å². The summed E-state index contributed by atoms with van der Waals surface area (Å²) in [5, 5.41) is 121. The van der Waals surface area contributed by atoms with Crippen molar-refractivity contribution in [3.63, 3.8) is 0 Å². The van der Waals surface area contributed by atoms with Crippen molar-refractivity contribution in [2.45, 2.75) is 407 Å². The van der Waals surface area contributed by atoms with Crippen LogP contribution in [0.1, 0.15) is 303 Å². The van der Waals surface area contributed by atoms with Gasteiger partial charge in [0.05, 0.1) is 38.6 Å². The predicted molar refractivity (Wildman–Crippen MR) is 369 cm³/mol. The summed E-state index contributed by atoms with van der Waals surface area (Å²) in [5.41, 5.74) is 0. The van der Waals surface area contributed by atoms with Gasteiger partial charge in [-0.3, -0.25) is 4.79 Å².